The van der Waals surface area contributed by atoms with Gasteiger partial charge in [0, 0.05) is 19.2 Å². The van der Waals surface area contributed by atoms with Gasteiger partial charge in [-0.3, -0.25) is 14.5 Å². The fourth-order valence-corrected chi connectivity index (χ4v) is 3.64. The molecule has 1 aliphatic heterocycles. The Morgan fingerprint density at radius 1 is 0.967 bits per heavy atom. The molecule has 1 saturated heterocycles. The first kappa shape index (κ1) is 21.8. The summed E-state index contributed by atoms with van der Waals surface area (Å²) in [5.41, 5.74) is 3.32. The lowest BCUT2D eigenvalue weighted by atomic mass is 10.0. The number of nitrogens with one attached hydrogen (secondary N) is 2. The number of likely N-dealkylation sites (tertiary alicyclic amines) is 1. The molecule has 1 unspecified atom stereocenters. The third-order valence-corrected chi connectivity index (χ3v) is 5.39. The Kier molecular flexibility index (Phi) is 8.21. The number of carbonyl (C=O) groups excluding carboxylic acids is 2. The molecule has 2 aromatic carbocycles. The van der Waals surface area contributed by atoms with E-state index in [-0.39, 0.29) is 11.8 Å². The van der Waals surface area contributed by atoms with Crippen LogP contribution in [0.3, 0.4) is 0 Å². The molecule has 2 amide bonds. The summed E-state index contributed by atoms with van der Waals surface area (Å²) in [5.74, 6) is -0.476. The van der Waals surface area contributed by atoms with E-state index in [4.69, 9.17) is 0 Å². The van der Waals surface area contributed by atoms with Gasteiger partial charge >= 0.3 is 0 Å². The number of rotatable bonds is 8. The summed E-state index contributed by atoms with van der Waals surface area (Å²) in [6, 6.07) is 17.2. The first-order chi connectivity index (χ1) is 14.6. The summed E-state index contributed by atoms with van der Waals surface area (Å²) >= 11 is 0. The molecular weight excluding hydrogens is 374 g/mol. The SMILES string of the molecule is CC(NC(=O)/C=C/c1ccccc1)C(=O)NCc1ccccc1CN1CCCCC1. The van der Waals surface area contributed by atoms with Crippen molar-refractivity contribution in [1.82, 2.24) is 15.5 Å². The van der Waals surface area contributed by atoms with Gasteiger partial charge in [-0.1, -0.05) is 61.0 Å². The molecule has 2 aromatic rings. The normalized spacial score (nSPS) is 15.6. The van der Waals surface area contributed by atoms with Gasteiger partial charge in [0.15, 0.2) is 0 Å². The second-order valence-corrected chi connectivity index (χ2v) is 7.80. The van der Waals surface area contributed by atoms with Gasteiger partial charge in [0.1, 0.15) is 6.04 Å². The van der Waals surface area contributed by atoms with Crippen molar-refractivity contribution in [2.24, 2.45) is 0 Å². The fraction of sp³-hybridized carbons (Fsp3) is 0.360. The molecule has 1 aliphatic rings. The van der Waals surface area contributed by atoms with Crippen molar-refractivity contribution in [2.45, 2.75) is 45.3 Å². The smallest absolute Gasteiger partial charge is 0.244 e. The van der Waals surface area contributed by atoms with Gasteiger partial charge in [0.2, 0.25) is 11.8 Å². The minimum Gasteiger partial charge on any atom is -0.350 e. The maximum absolute atomic E-state index is 12.5. The van der Waals surface area contributed by atoms with Crippen LogP contribution in [-0.4, -0.2) is 35.8 Å². The van der Waals surface area contributed by atoms with Crippen LogP contribution >= 0.6 is 0 Å². The van der Waals surface area contributed by atoms with E-state index >= 15 is 0 Å². The van der Waals surface area contributed by atoms with Crippen molar-refractivity contribution in [3.63, 3.8) is 0 Å². The van der Waals surface area contributed by atoms with E-state index in [0.717, 1.165) is 30.8 Å². The Balaban J connectivity index is 1.48. The standard InChI is InChI=1S/C25H31N3O2/c1-20(27-24(29)15-14-21-10-4-2-5-11-21)25(30)26-18-22-12-6-7-13-23(22)19-28-16-8-3-9-17-28/h2,4-7,10-15,20H,3,8-9,16-19H2,1H3,(H,26,30)(H,27,29)/b15-14+. The maximum atomic E-state index is 12.5. The van der Waals surface area contributed by atoms with Crippen LogP contribution in [0, 0.1) is 0 Å². The summed E-state index contributed by atoms with van der Waals surface area (Å²) in [4.78, 5) is 27.0. The van der Waals surface area contributed by atoms with E-state index in [2.05, 4.69) is 27.7 Å². The number of benzene rings is 2. The molecule has 5 heteroatoms. The van der Waals surface area contributed by atoms with E-state index in [1.807, 2.05) is 42.5 Å². The van der Waals surface area contributed by atoms with Crippen LogP contribution in [0.25, 0.3) is 6.08 Å². The monoisotopic (exact) mass is 405 g/mol. The predicted octanol–water partition coefficient (Wildman–Crippen LogP) is 3.51. The topological polar surface area (TPSA) is 61.4 Å². The zero-order valence-electron chi connectivity index (χ0n) is 17.6. The van der Waals surface area contributed by atoms with E-state index in [0.29, 0.717) is 6.54 Å². The van der Waals surface area contributed by atoms with E-state index in [1.54, 1.807) is 13.0 Å². The molecule has 1 fully saturated rings. The summed E-state index contributed by atoms with van der Waals surface area (Å²) in [6.07, 6.45) is 7.02. The molecule has 0 aromatic heterocycles. The number of piperidine rings is 1. The Bertz CT molecular complexity index is 858. The minimum atomic E-state index is -0.604. The van der Waals surface area contributed by atoms with E-state index in [1.165, 1.54) is 30.9 Å². The van der Waals surface area contributed by atoms with Gasteiger partial charge in [-0.05, 0) is 55.6 Å². The molecule has 0 saturated carbocycles. The molecule has 30 heavy (non-hydrogen) atoms. The molecule has 0 aliphatic carbocycles. The largest absolute Gasteiger partial charge is 0.350 e. The Labute approximate surface area is 179 Å². The number of nitrogens with zero attached hydrogens (tertiary/aromatic N) is 1. The summed E-state index contributed by atoms with van der Waals surface area (Å²) < 4.78 is 0. The molecule has 5 nitrogen and oxygen atoms in total. The second-order valence-electron chi connectivity index (χ2n) is 7.80. The third kappa shape index (κ3) is 6.85. The second kappa shape index (κ2) is 11.3. The highest BCUT2D eigenvalue weighted by Crippen LogP contribution is 2.16. The highest BCUT2D eigenvalue weighted by Gasteiger charge is 2.16. The Hall–Kier alpha value is -2.92. The van der Waals surface area contributed by atoms with Crippen LogP contribution in [0.1, 0.15) is 42.9 Å². The number of hydrogen-bond donors (Lipinski definition) is 2. The fourth-order valence-electron chi connectivity index (χ4n) is 3.64. The van der Waals surface area contributed by atoms with Crippen LogP contribution < -0.4 is 10.6 Å². The van der Waals surface area contributed by atoms with Crippen molar-refractivity contribution in [2.75, 3.05) is 13.1 Å². The van der Waals surface area contributed by atoms with Crippen LogP contribution in [0.4, 0.5) is 0 Å². The predicted molar refractivity (Wildman–Crippen MR) is 120 cm³/mol. The van der Waals surface area contributed by atoms with Crippen LogP contribution in [0.2, 0.25) is 0 Å². The highest BCUT2D eigenvalue weighted by atomic mass is 16.2. The quantitative estimate of drug-likeness (QED) is 0.661. The van der Waals surface area contributed by atoms with Crippen LogP contribution in [-0.2, 0) is 22.7 Å². The molecule has 2 N–H and O–H groups in total. The highest BCUT2D eigenvalue weighted by molar-refractivity contribution is 5.95. The first-order valence-corrected chi connectivity index (χ1v) is 10.7. The molecule has 0 bridgehead atoms. The van der Waals surface area contributed by atoms with Gasteiger partial charge in [-0.2, -0.15) is 0 Å². The van der Waals surface area contributed by atoms with Gasteiger partial charge in [-0.15, -0.1) is 0 Å². The van der Waals surface area contributed by atoms with Crippen molar-refractivity contribution < 1.29 is 9.59 Å². The molecule has 158 valence electrons. The minimum absolute atomic E-state index is 0.191. The lowest BCUT2D eigenvalue weighted by Gasteiger charge is -2.27. The molecule has 0 radical (unpaired) electrons. The average Bonchev–Trinajstić information content (AvgIpc) is 2.78. The molecule has 1 heterocycles. The number of amides is 2. The molecule has 0 spiro atoms. The summed E-state index contributed by atoms with van der Waals surface area (Å²) in [7, 11) is 0. The molecule has 3 rings (SSSR count). The summed E-state index contributed by atoms with van der Waals surface area (Å²) in [5, 5.41) is 5.68. The van der Waals surface area contributed by atoms with E-state index in [9.17, 15) is 9.59 Å². The van der Waals surface area contributed by atoms with Gasteiger partial charge in [0.05, 0.1) is 0 Å². The van der Waals surface area contributed by atoms with Gasteiger partial charge < -0.3 is 10.6 Å². The first-order valence-electron chi connectivity index (χ1n) is 10.7. The van der Waals surface area contributed by atoms with Crippen molar-refractivity contribution in [3.05, 3.63) is 77.4 Å². The van der Waals surface area contributed by atoms with Crippen molar-refractivity contribution in [1.29, 1.82) is 0 Å². The van der Waals surface area contributed by atoms with Gasteiger partial charge in [0.25, 0.3) is 0 Å². The van der Waals surface area contributed by atoms with Crippen molar-refractivity contribution >= 4 is 17.9 Å². The maximum Gasteiger partial charge on any atom is 0.244 e. The molecular formula is C25H31N3O2. The zero-order valence-corrected chi connectivity index (χ0v) is 17.6. The third-order valence-electron chi connectivity index (χ3n) is 5.39. The molecule has 1 atom stereocenters. The zero-order chi connectivity index (χ0) is 21.2. The van der Waals surface area contributed by atoms with E-state index < -0.39 is 6.04 Å². The lowest BCUT2D eigenvalue weighted by Crippen LogP contribution is -2.44. The van der Waals surface area contributed by atoms with Gasteiger partial charge in [-0.25, -0.2) is 0 Å². The lowest BCUT2D eigenvalue weighted by molar-refractivity contribution is -0.126. The van der Waals surface area contributed by atoms with Crippen LogP contribution in [0.15, 0.2) is 60.7 Å². The number of carbonyl (C=O) groups is 2. The summed E-state index contributed by atoms with van der Waals surface area (Å²) in [6.45, 7) is 5.36. The Morgan fingerprint density at radius 3 is 2.37 bits per heavy atom. The van der Waals surface area contributed by atoms with Crippen molar-refractivity contribution in [3.8, 4) is 0 Å². The Morgan fingerprint density at radius 2 is 1.63 bits per heavy atom. The van der Waals surface area contributed by atoms with Crippen LogP contribution in [0.5, 0.6) is 0 Å². The average molecular weight is 406 g/mol. The number of hydrogen-bond acceptors (Lipinski definition) is 3.